The second-order valence-corrected chi connectivity index (χ2v) is 12.6. The Morgan fingerprint density at radius 3 is 2.47 bits per heavy atom. The molecule has 5 rings (SSSR count). The van der Waals surface area contributed by atoms with Crippen molar-refractivity contribution in [2.75, 3.05) is 20.2 Å². The standard InChI is InChI=1S/C32H38N2O3S/c1-23(2)31-32(28-14-7-8-15-30(28)34(31)4)38(35,36)26-19-17-25(18-20-26)37-22-10-21-33(3)29-16-9-12-24-11-5-6-13-27(24)29/h5-8,11,13-15,17-20,23,29H,9-10,12,16,21-22H2,1-4H3. The summed E-state index contributed by atoms with van der Waals surface area (Å²) in [6, 6.07) is 23.9. The summed E-state index contributed by atoms with van der Waals surface area (Å²) in [5.41, 5.74) is 4.70. The average molecular weight is 531 g/mol. The molecular weight excluding hydrogens is 492 g/mol. The van der Waals surface area contributed by atoms with E-state index in [1.54, 1.807) is 24.3 Å². The number of fused-ring (bicyclic) bond motifs is 2. The fourth-order valence-corrected chi connectivity index (χ4v) is 7.83. The molecule has 1 heterocycles. The Labute approximate surface area is 227 Å². The summed E-state index contributed by atoms with van der Waals surface area (Å²) in [4.78, 5) is 3.14. The molecule has 1 aliphatic rings. The van der Waals surface area contributed by atoms with E-state index in [0.29, 0.717) is 28.2 Å². The van der Waals surface area contributed by atoms with Crippen LogP contribution in [-0.2, 0) is 23.3 Å². The van der Waals surface area contributed by atoms with E-state index in [2.05, 4.69) is 36.2 Å². The number of aromatic nitrogens is 1. The highest BCUT2D eigenvalue weighted by Gasteiger charge is 2.29. The van der Waals surface area contributed by atoms with Gasteiger partial charge in [0.05, 0.1) is 11.5 Å². The molecule has 0 bridgehead atoms. The van der Waals surface area contributed by atoms with Crippen LogP contribution in [0.2, 0.25) is 0 Å². The van der Waals surface area contributed by atoms with Crippen LogP contribution in [-0.4, -0.2) is 38.1 Å². The minimum Gasteiger partial charge on any atom is -0.494 e. The smallest absolute Gasteiger partial charge is 0.209 e. The van der Waals surface area contributed by atoms with E-state index in [1.165, 1.54) is 30.4 Å². The van der Waals surface area contributed by atoms with Crippen molar-refractivity contribution in [1.29, 1.82) is 0 Å². The third kappa shape index (κ3) is 4.99. The molecule has 0 saturated carbocycles. The number of aryl methyl sites for hydroxylation is 2. The van der Waals surface area contributed by atoms with Crippen molar-refractivity contribution in [2.45, 2.75) is 61.3 Å². The van der Waals surface area contributed by atoms with Crippen LogP contribution in [0.4, 0.5) is 0 Å². The maximum absolute atomic E-state index is 13.8. The third-order valence-corrected chi connectivity index (χ3v) is 9.71. The molecular formula is C32H38N2O3S. The van der Waals surface area contributed by atoms with E-state index >= 15 is 0 Å². The lowest BCUT2D eigenvalue weighted by Crippen LogP contribution is -2.29. The number of hydrogen-bond acceptors (Lipinski definition) is 4. The molecule has 6 heteroatoms. The monoisotopic (exact) mass is 530 g/mol. The number of nitrogens with zero attached hydrogens (tertiary/aromatic N) is 2. The highest BCUT2D eigenvalue weighted by atomic mass is 32.2. The van der Waals surface area contributed by atoms with Crippen molar-refractivity contribution in [3.8, 4) is 5.75 Å². The summed E-state index contributed by atoms with van der Waals surface area (Å²) in [5.74, 6) is 0.761. The Morgan fingerprint density at radius 1 is 1.00 bits per heavy atom. The van der Waals surface area contributed by atoms with Gasteiger partial charge in [0.15, 0.2) is 0 Å². The molecule has 0 N–H and O–H groups in total. The van der Waals surface area contributed by atoms with Crippen LogP contribution in [0.15, 0.2) is 82.6 Å². The van der Waals surface area contributed by atoms with Crippen LogP contribution >= 0.6 is 0 Å². The summed E-state index contributed by atoms with van der Waals surface area (Å²) in [6.07, 6.45) is 4.51. The van der Waals surface area contributed by atoms with Crippen molar-refractivity contribution < 1.29 is 13.2 Å². The number of sulfone groups is 1. The predicted octanol–water partition coefficient (Wildman–Crippen LogP) is 6.91. The minimum absolute atomic E-state index is 0.0694. The van der Waals surface area contributed by atoms with Crippen LogP contribution in [0.5, 0.6) is 5.75 Å². The molecule has 200 valence electrons. The van der Waals surface area contributed by atoms with Gasteiger partial charge in [-0.1, -0.05) is 56.3 Å². The van der Waals surface area contributed by atoms with Crippen LogP contribution in [0.25, 0.3) is 10.9 Å². The molecule has 0 aliphatic heterocycles. The highest BCUT2D eigenvalue weighted by Crippen LogP contribution is 2.37. The van der Waals surface area contributed by atoms with Crippen LogP contribution in [0.1, 0.15) is 61.9 Å². The first kappa shape index (κ1) is 26.5. The molecule has 1 aliphatic carbocycles. The molecule has 0 saturated heterocycles. The third-order valence-electron chi connectivity index (χ3n) is 7.85. The van der Waals surface area contributed by atoms with Gasteiger partial charge in [-0.15, -0.1) is 0 Å². The largest absolute Gasteiger partial charge is 0.494 e. The van der Waals surface area contributed by atoms with Gasteiger partial charge in [0.25, 0.3) is 0 Å². The Hall–Kier alpha value is -3.09. The maximum Gasteiger partial charge on any atom is 0.209 e. The van der Waals surface area contributed by atoms with Gasteiger partial charge in [-0.2, -0.15) is 0 Å². The topological polar surface area (TPSA) is 51.5 Å². The summed E-state index contributed by atoms with van der Waals surface area (Å²) in [6.45, 7) is 5.61. The highest BCUT2D eigenvalue weighted by molar-refractivity contribution is 7.91. The lowest BCUT2D eigenvalue weighted by molar-refractivity contribution is 0.199. The summed E-state index contributed by atoms with van der Waals surface area (Å²) >= 11 is 0. The van der Waals surface area contributed by atoms with Gasteiger partial charge in [0.2, 0.25) is 9.84 Å². The number of para-hydroxylation sites is 1. The van der Waals surface area contributed by atoms with Crippen molar-refractivity contribution in [3.63, 3.8) is 0 Å². The molecule has 3 aromatic carbocycles. The van der Waals surface area contributed by atoms with Crippen LogP contribution in [0.3, 0.4) is 0 Å². The zero-order chi connectivity index (χ0) is 26.9. The first-order chi connectivity index (χ1) is 18.3. The molecule has 1 unspecified atom stereocenters. The average Bonchev–Trinajstić information content (AvgIpc) is 3.24. The number of rotatable bonds is 9. The van der Waals surface area contributed by atoms with Crippen LogP contribution < -0.4 is 4.74 Å². The lowest BCUT2D eigenvalue weighted by Gasteiger charge is -2.33. The van der Waals surface area contributed by atoms with Crippen molar-refractivity contribution in [3.05, 3.63) is 89.6 Å². The first-order valence-electron chi connectivity index (χ1n) is 13.6. The first-order valence-corrected chi connectivity index (χ1v) is 15.1. The van der Waals surface area contributed by atoms with Crippen molar-refractivity contribution >= 4 is 20.7 Å². The van der Waals surface area contributed by atoms with Crippen LogP contribution in [0, 0.1) is 0 Å². The summed E-state index contributed by atoms with van der Waals surface area (Å²) in [7, 11) is 0.449. The molecule has 1 atom stereocenters. The minimum atomic E-state index is -3.69. The van der Waals surface area contributed by atoms with Gasteiger partial charge in [0.1, 0.15) is 10.6 Å². The lowest BCUT2D eigenvalue weighted by atomic mass is 9.87. The molecule has 0 amide bonds. The van der Waals surface area contributed by atoms with E-state index in [-0.39, 0.29) is 5.92 Å². The maximum atomic E-state index is 13.8. The Morgan fingerprint density at radius 2 is 1.71 bits per heavy atom. The second kappa shape index (κ2) is 11.0. The molecule has 0 spiro atoms. The zero-order valence-corrected chi connectivity index (χ0v) is 23.7. The van der Waals surface area contributed by atoms with Gasteiger partial charge in [0, 0.05) is 36.2 Å². The summed E-state index contributed by atoms with van der Waals surface area (Å²) < 4.78 is 35.6. The SMILES string of the molecule is CC(C)c1c(S(=O)(=O)c2ccc(OCCCN(C)C3CCCc4ccccc43)cc2)c2ccccc2n1C. The number of hydrogen-bond donors (Lipinski definition) is 0. The molecule has 38 heavy (non-hydrogen) atoms. The Bertz CT molecular complexity index is 1520. The molecule has 0 fully saturated rings. The molecule has 0 radical (unpaired) electrons. The zero-order valence-electron chi connectivity index (χ0n) is 22.9. The van der Waals surface area contributed by atoms with Gasteiger partial charge < -0.3 is 9.30 Å². The van der Waals surface area contributed by atoms with E-state index in [0.717, 1.165) is 29.6 Å². The Balaban J connectivity index is 1.25. The van der Waals surface area contributed by atoms with Gasteiger partial charge in [-0.25, -0.2) is 8.42 Å². The summed E-state index contributed by atoms with van der Waals surface area (Å²) in [5, 5.41) is 0.767. The van der Waals surface area contributed by atoms with E-state index in [1.807, 2.05) is 49.7 Å². The molecule has 1 aromatic heterocycles. The van der Waals surface area contributed by atoms with Gasteiger partial charge in [-0.3, -0.25) is 4.90 Å². The van der Waals surface area contributed by atoms with E-state index in [9.17, 15) is 8.42 Å². The normalized spacial score (nSPS) is 15.8. The Kier molecular flexibility index (Phi) is 7.64. The van der Waals surface area contributed by atoms with E-state index in [4.69, 9.17) is 4.74 Å². The van der Waals surface area contributed by atoms with Crippen molar-refractivity contribution in [1.82, 2.24) is 9.47 Å². The van der Waals surface area contributed by atoms with Gasteiger partial charge in [-0.05, 0) is 80.1 Å². The number of benzene rings is 3. The fourth-order valence-electron chi connectivity index (χ4n) is 5.99. The molecule has 5 nitrogen and oxygen atoms in total. The molecule has 4 aromatic rings. The van der Waals surface area contributed by atoms with Gasteiger partial charge >= 0.3 is 0 Å². The fraction of sp³-hybridized carbons (Fsp3) is 0.375. The van der Waals surface area contributed by atoms with Crippen molar-refractivity contribution in [2.24, 2.45) is 7.05 Å². The van der Waals surface area contributed by atoms with E-state index < -0.39 is 9.84 Å². The predicted molar refractivity (Wildman–Crippen MR) is 154 cm³/mol. The quantitative estimate of drug-likeness (QED) is 0.221. The second-order valence-electron chi connectivity index (χ2n) is 10.7. The number of ether oxygens (including phenoxy) is 1.